The first-order chi connectivity index (χ1) is 33.8. The number of carbonyl (C=O) groups excluding carboxylic acids is 4. The van der Waals surface area contributed by atoms with Crippen LogP contribution in [0.2, 0.25) is 0 Å². The van der Waals surface area contributed by atoms with Gasteiger partial charge in [0.25, 0.3) is 11.8 Å². The third-order valence-electron chi connectivity index (χ3n) is 14.4. The Morgan fingerprint density at radius 3 is 2.29 bits per heavy atom. The van der Waals surface area contributed by atoms with Gasteiger partial charge in [-0.05, 0) is 103 Å². The van der Waals surface area contributed by atoms with Gasteiger partial charge in [-0.2, -0.15) is 0 Å². The van der Waals surface area contributed by atoms with Gasteiger partial charge in [-0.1, -0.05) is 66.5 Å². The molecule has 6 aromatic rings. The van der Waals surface area contributed by atoms with E-state index >= 15 is 0 Å². The maximum Gasteiger partial charge on any atom is 0.255 e. The molecule has 13 nitrogen and oxygen atoms in total. The zero-order valence-electron chi connectivity index (χ0n) is 38.5. The van der Waals surface area contributed by atoms with Gasteiger partial charge in [0.2, 0.25) is 11.8 Å². The van der Waals surface area contributed by atoms with Crippen LogP contribution in [-0.2, 0) is 29.1 Å². The SMILES string of the molecule is O=C1CCC(N2Cc3cc(N4CCC(N5CCN(CC#Cc6ccc(/C=C/c7ccc(C(=O)N8CCc9cnc(-c%10cnc%11ccccc%11c%10)nc9C8)cc7)cc6)CC5)CC4)ccc3C2=O)C(=O)N1. The number of hydrogen-bond donors (Lipinski definition) is 1. The van der Waals surface area contributed by atoms with E-state index in [1.165, 1.54) is 0 Å². The Balaban J connectivity index is 0.613. The number of para-hydroxylation sites is 1. The van der Waals surface area contributed by atoms with Crippen molar-refractivity contribution in [3.8, 4) is 23.2 Å². The number of piperidine rings is 2. The highest BCUT2D eigenvalue weighted by molar-refractivity contribution is 6.05. The number of piperazine rings is 1. The maximum absolute atomic E-state index is 13.6. The number of aromatic nitrogens is 3. The summed E-state index contributed by atoms with van der Waals surface area (Å²) in [6.45, 7) is 8.23. The van der Waals surface area contributed by atoms with Crippen molar-refractivity contribution in [1.82, 2.24) is 39.9 Å². The molecule has 2 aromatic heterocycles. The van der Waals surface area contributed by atoms with Crippen LogP contribution in [0.5, 0.6) is 0 Å². The second-order valence-corrected chi connectivity index (χ2v) is 18.7. The van der Waals surface area contributed by atoms with Gasteiger partial charge in [0.15, 0.2) is 5.82 Å². The number of rotatable bonds is 8. The summed E-state index contributed by atoms with van der Waals surface area (Å²) >= 11 is 0. The second kappa shape index (κ2) is 19.2. The third kappa shape index (κ3) is 9.51. The normalized spacial score (nSPS) is 19.1. The zero-order chi connectivity index (χ0) is 46.8. The Labute approximate surface area is 401 Å². The van der Waals surface area contributed by atoms with Crippen molar-refractivity contribution in [1.29, 1.82) is 0 Å². The van der Waals surface area contributed by atoms with Gasteiger partial charge >= 0.3 is 0 Å². The summed E-state index contributed by atoms with van der Waals surface area (Å²) in [7, 11) is 0. The minimum absolute atomic E-state index is 0.00514. The second-order valence-electron chi connectivity index (χ2n) is 18.7. The first-order valence-electron chi connectivity index (χ1n) is 24.1. The molecule has 5 aliphatic rings. The first kappa shape index (κ1) is 44.0. The smallest absolute Gasteiger partial charge is 0.255 e. The van der Waals surface area contributed by atoms with Crippen LogP contribution in [0.3, 0.4) is 0 Å². The summed E-state index contributed by atoms with van der Waals surface area (Å²) in [6.07, 6.45) is 11.4. The van der Waals surface area contributed by atoms with Gasteiger partial charge in [-0.3, -0.25) is 39.3 Å². The van der Waals surface area contributed by atoms with Gasteiger partial charge < -0.3 is 14.7 Å². The van der Waals surface area contributed by atoms with E-state index in [0.29, 0.717) is 55.5 Å². The lowest BCUT2D eigenvalue weighted by Crippen LogP contribution is -2.53. The predicted octanol–water partition coefficient (Wildman–Crippen LogP) is 6.46. The Kier molecular flexibility index (Phi) is 12.3. The molecule has 13 heteroatoms. The zero-order valence-corrected chi connectivity index (χ0v) is 38.5. The number of carbonyl (C=O) groups is 4. The molecule has 69 heavy (non-hydrogen) atoms. The number of nitrogens with zero attached hydrogens (tertiary/aromatic N) is 8. The van der Waals surface area contributed by atoms with Gasteiger partial charge in [-0.15, -0.1) is 0 Å². The number of amides is 4. The average Bonchev–Trinajstić information content (AvgIpc) is 3.72. The monoisotopic (exact) mass is 915 g/mol. The molecule has 4 amide bonds. The number of fused-ring (bicyclic) bond motifs is 3. The molecule has 0 bridgehead atoms. The van der Waals surface area contributed by atoms with E-state index in [0.717, 1.165) is 114 Å². The summed E-state index contributed by atoms with van der Waals surface area (Å²) in [5.74, 6) is 6.60. The molecule has 0 aliphatic carbocycles. The van der Waals surface area contributed by atoms with Crippen molar-refractivity contribution < 1.29 is 19.2 Å². The molecule has 0 saturated carbocycles. The van der Waals surface area contributed by atoms with Crippen LogP contribution in [0.25, 0.3) is 34.4 Å². The number of nitrogens with one attached hydrogen (secondary N) is 1. The van der Waals surface area contributed by atoms with Crippen LogP contribution in [-0.4, -0.2) is 123 Å². The molecule has 4 aromatic carbocycles. The van der Waals surface area contributed by atoms with Crippen molar-refractivity contribution in [2.45, 2.75) is 57.3 Å². The van der Waals surface area contributed by atoms with Gasteiger partial charge in [0, 0.05) is 111 Å². The van der Waals surface area contributed by atoms with E-state index in [1.54, 1.807) is 4.90 Å². The lowest BCUT2D eigenvalue weighted by molar-refractivity contribution is -0.136. The fourth-order valence-corrected chi connectivity index (χ4v) is 10.4. The van der Waals surface area contributed by atoms with Crippen molar-refractivity contribution in [3.63, 3.8) is 0 Å². The number of hydrogen-bond acceptors (Lipinski definition) is 10. The highest BCUT2D eigenvalue weighted by Crippen LogP contribution is 2.32. The molecule has 346 valence electrons. The number of anilines is 1. The highest BCUT2D eigenvalue weighted by Gasteiger charge is 2.39. The van der Waals surface area contributed by atoms with Crippen molar-refractivity contribution in [2.24, 2.45) is 0 Å². The minimum atomic E-state index is -0.596. The molecule has 11 rings (SSSR count). The average molecular weight is 916 g/mol. The molecule has 7 heterocycles. The van der Waals surface area contributed by atoms with Gasteiger partial charge in [0.05, 0.1) is 24.3 Å². The Morgan fingerprint density at radius 2 is 1.51 bits per heavy atom. The Bertz CT molecular complexity index is 3050. The van der Waals surface area contributed by atoms with Gasteiger partial charge in [0.1, 0.15) is 6.04 Å². The summed E-state index contributed by atoms with van der Waals surface area (Å²) in [6, 6.07) is 32.2. The van der Waals surface area contributed by atoms with E-state index in [4.69, 9.17) is 4.98 Å². The molecule has 0 spiro atoms. The molecule has 1 N–H and O–H groups in total. The number of benzene rings is 4. The molecule has 3 saturated heterocycles. The standard InChI is InChI=1S/C56H53N9O4/c66-52-20-19-51(54(67)60-52)65-36-45-33-47(17-18-48(45)56(65)69)62-26-22-46(23-27-62)63-30-28-61(29-31-63)24-3-4-38-7-9-39(10-8-38)11-12-40-13-15-41(16-14-40)55(68)64-25-21-43-34-58-53(59-50(43)37-64)44-32-42-5-1-2-6-49(42)57-35-44/h1-2,5-18,32-35,46,51H,19-31,36-37H2,(H,60,66,67)/b12-11+. The largest absolute Gasteiger partial charge is 0.371 e. The van der Waals surface area contributed by atoms with Crippen LogP contribution >= 0.6 is 0 Å². The maximum atomic E-state index is 13.6. The molecule has 0 radical (unpaired) electrons. The number of imide groups is 1. The van der Waals surface area contributed by atoms with E-state index in [1.807, 2.05) is 78.0 Å². The summed E-state index contributed by atoms with van der Waals surface area (Å²) in [5, 5.41) is 3.42. The van der Waals surface area contributed by atoms with E-state index in [-0.39, 0.29) is 30.0 Å². The lowest BCUT2D eigenvalue weighted by Gasteiger charge is -2.43. The molecular weight excluding hydrogens is 863 g/mol. The van der Waals surface area contributed by atoms with Crippen LogP contribution in [0.4, 0.5) is 5.69 Å². The molecule has 3 fully saturated rings. The third-order valence-corrected chi connectivity index (χ3v) is 14.4. The Hall–Kier alpha value is -7.53. The number of pyridine rings is 1. The fourth-order valence-electron chi connectivity index (χ4n) is 10.4. The van der Waals surface area contributed by atoms with Crippen molar-refractivity contribution in [2.75, 3.05) is 57.3 Å². The molecule has 1 atom stereocenters. The molecule has 1 unspecified atom stereocenters. The summed E-state index contributed by atoms with van der Waals surface area (Å²) in [5.41, 5.74) is 10.2. The quantitative estimate of drug-likeness (QED) is 0.103. The van der Waals surface area contributed by atoms with Crippen molar-refractivity contribution in [3.05, 3.63) is 154 Å². The van der Waals surface area contributed by atoms with Crippen LogP contribution in [0.1, 0.15) is 79.9 Å². The van der Waals surface area contributed by atoms with E-state index in [2.05, 4.69) is 90.4 Å². The fraction of sp³-hybridized carbons (Fsp3) is 0.304. The molecule has 5 aliphatic heterocycles. The van der Waals surface area contributed by atoms with Crippen LogP contribution in [0, 0.1) is 11.8 Å². The van der Waals surface area contributed by atoms with Crippen molar-refractivity contribution >= 4 is 52.4 Å². The summed E-state index contributed by atoms with van der Waals surface area (Å²) < 4.78 is 0. The minimum Gasteiger partial charge on any atom is -0.371 e. The molecular formula is C56H53N9O4. The lowest BCUT2D eigenvalue weighted by atomic mass is 10.0. The predicted molar refractivity (Wildman–Crippen MR) is 266 cm³/mol. The van der Waals surface area contributed by atoms with E-state index < -0.39 is 6.04 Å². The van der Waals surface area contributed by atoms with Crippen LogP contribution < -0.4 is 10.2 Å². The Morgan fingerprint density at radius 1 is 0.739 bits per heavy atom. The van der Waals surface area contributed by atoms with E-state index in [9.17, 15) is 19.2 Å². The van der Waals surface area contributed by atoms with Gasteiger partial charge in [-0.25, -0.2) is 9.97 Å². The topological polar surface area (TPSA) is 135 Å². The highest BCUT2D eigenvalue weighted by atomic mass is 16.2. The first-order valence-corrected chi connectivity index (χ1v) is 24.1. The van der Waals surface area contributed by atoms with Crippen LogP contribution in [0.15, 0.2) is 109 Å². The summed E-state index contributed by atoms with van der Waals surface area (Å²) in [4.78, 5) is 76.0.